The monoisotopic (exact) mass is 364 g/mol. The number of furan rings is 1. The van der Waals surface area contributed by atoms with Crippen molar-refractivity contribution >= 4 is 41.2 Å². The molecule has 24 heavy (non-hydrogen) atoms. The summed E-state index contributed by atoms with van der Waals surface area (Å²) in [7, 11) is 0. The standard InChI is InChI=1S/C17H14Cl2N2O3/c1-2-7-21-16(22)14(20-17(21)23)9-11-4-6-15(24-11)12-5-3-10(18)8-13(12)19/h3-6,8-9H,2,7H2,1H3,(H,20,23)/b14-9-. The van der Waals surface area contributed by atoms with Gasteiger partial charge in [-0.15, -0.1) is 0 Å². The van der Waals surface area contributed by atoms with Gasteiger partial charge in [-0.05, 0) is 36.8 Å². The highest BCUT2D eigenvalue weighted by molar-refractivity contribution is 6.36. The number of nitrogens with one attached hydrogen (secondary N) is 1. The van der Waals surface area contributed by atoms with E-state index >= 15 is 0 Å². The third kappa shape index (κ3) is 3.18. The lowest BCUT2D eigenvalue weighted by Gasteiger charge is -2.08. The van der Waals surface area contributed by atoms with Gasteiger partial charge in [-0.1, -0.05) is 30.1 Å². The van der Waals surface area contributed by atoms with Crippen LogP contribution in [0.1, 0.15) is 19.1 Å². The number of halogens is 2. The smallest absolute Gasteiger partial charge is 0.329 e. The predicted molar refractivity (Wildman–Crippen MR) is 92.7 cm³/mol. The van der Waals surface area contributed by atoms with Crippen LogP contribution in [0.15, 0.2) is 40.4 Å². The van der Waals surface area contributed by atoms with E-state index in [1.54, 1.807) is 30.3 Å². The first-order valence-corrected chi connectivity index (χ1v) is 8.15. The third-order valence-electron chi connectivity index (χ3n) is 3.52. The number of hydrogen-bond acceptors (Lipinski definition) is 3. The van der Waals surface area contributed by atoms with Gasteiger partial charge in [-0.25, -0.2) is 4.79 Å². The molecular formula is C17H14Cl2N2O3. The van der Waals surface area contributed by atoms with Gasteiger partial charge in [0.1, 0.15) is 17.2 Å². The Labute approximate surface area is 148 Å². The van der Waals surface area contributed by atoms with Gasteiger partial charge in [-0.3, -0.25) is 9.69 Å². The molecule has 0 spiro atoms. The van der Waals surface area contributed by atoms with Crippen molar-refractivity contribution < 1.29 is 14.0 Å². The lowest BCUT2D eigenvalue weighted by Crippen LogP contribution is -2.31. The van der Waals surface area contributed by atoms with Gasteiger partial charge in [-0.2, -0.15) is 0 Å². The van der Waals surface area contributed by atoms with Crippen molar-refractivity contribution in [1.82, 2.24) is 10.2 Å². The summed E-state index contributed by atoms with van der Waals surface area (Å²) in [5, 5.41) is 3.55. The minimum Gasteiger partial charge on any atom is -0.457 e. The van der Waals surface area contributed by atoms with E-state index in [-0.39, 0.29) is 11.6 Å². The topological polar surface area (TPSA) is 62.6 Å². The highest BCUT2D eigenvalue weighted by Crippen LogP contribution is 2.32. The molecule has 2 heterocycles. The lowest BCUT2D eigenvalue weighted by atomic mass is 10.2. The largest absolute Gasteiger partial charge is 0.457 e. The fourth-order valence-corrected chi connectivity index (χ4v) is 2.91. The molecule has 1 aliphatic heterocycles. The summed E-state index contributed by atoms with van der Waals surface area (Å²) in [6, 6.07) is 8.13. The molecular weight excluding hydrogens is 351 g/mol. The number of imide groups is 1. The Kier molecular flexibility index (Phi) is 4.64. The predicted octanol–water partition coefficient (Wildman–Crippen LogP) is 4.56. The first-order chi connectivity index (χ1) is 11.5. The Balaban J connectivity index is 1.86. The molecule has 1 fully saturated rings. The van der Waals surface area contributed by atoms with Crippen LogP contribution in [0.25, 0.3) is 17.4 Å². The highest BCUT2D eigenvalue weighted by Gasteiger charge is 2.32. The maximum absolute atomic E-state index is 12.2. The summed E-state index contributed by atoms with van der Waals surface area (Å²) in [5.74, 6) is 0.632. The SMILES string of the molecule is CCCN1C(=O)N/C(=C\c2ccc(-c3ccc(Cl)cc3Cl)o2)C1=O. The number of urea groups is 1. The second kappa shape index (κ2) is 6.71. The van der Waals surface area contributed by atoms with E-state index in [0.29, 0.717) is 40.1 Å². The molecule has 3 rings (SSSR count). The molecule has 0 unspecified atom stereocenters. The van der Waals surface area contributed by atoms with Gasteiger partial charge >= 0.3 is 6.03 Å². The van der Waals surface area contributed by atoms with Crippen LogP contribution in [0.4, 0.5) is 4.79 Å². The summed E-state index contributed by atoms with van der Waals surface area (Å²) in [5.41, 5.74) is 0.886. The Hall–Kier alpha value is -2.24. The van der Waals surface area contributed by atoms with Crippen LogP contribution in [0.5, 0.6) is 0 Å². The van der Waals surface area contributed by atoms with Gasteiger partial charge in [0, 0.05) is 23.2 Å². The molecule has 7 heteroatoms. The number of nitrogens with zero attached hydrogens (tertiary/aromatic N) is 1. The molecule has 5 nitrogen and oxygen atoms in total. The molecule has 1 aromatic carbocycles. The van der Waals surface area contributed by atoms with Crippen LogP contribution in [0.3, 0.4) is 0 Å². The van der Waals surface area contributed by atoms with Crippen LogP contribution in [0.2, 0.25) is 10.0 Å². The molecule has 0 radical (unpaired) electrons. The second-order valence-electron chi connectivity index (χ2n) is 5.27. The zero-order valence-electron chi connectivity index (χ0n) is 12.8. The molecule has 1 saturated heterocycles. The van der Waals surface area contributed by atoms with E-state index in [2.05, 4.69) is 5.32 Å². The molecule has 1 aromatic heterocycles. The van der Waals surface area contributed by atoms with E-state index in [4.69, 9.17) is 27.6 Å². The first kappa shape index (κ1) is 16.6. The number of benzene rings is 1. The second-order valence-corrected chi connectivity index (χ2v) is 6.11. The first-order valence-electron chi connectivity index (χ1n) is 7.39. The molecule has 1 N–H and O–H groups in total. The van der Waals surface area contributed by atoms with Gasteiger partial charge in [0.05, 0.1) is 5.02 Å². The van der Waals surface area contributed by atoms with Crippen LogP contribution in [-0.2, 0) is 4.79 Å². The Morgan fingerprint density at radius 1 is 1.21 bits per heavy atom. The molecule has 1 aliphatic rings. The Bertz CT molecular complexity index is 842. The van der Waals surface area contributed by atoms with Crippen molar-refractivity contribution in [1.29, 1.82) is 0 Å². The fourth-order valence-electron chi connectivity index (χ4n) is 2.41. The van der Waals surface area contributed by atoms with Crippen LogP contribution in [0, 0.1) is 0 Å². The Morgan fingerprint density at radius 3 is 2.71 bits per heavy atom. The highest BCUT2D eigenvalue weighted by atomic mass is 35.5. The summed E-state index contributed by atoms with van der Waals surface area (Å²) in [6.45, 7) is 2.28. The number of carbonyl (C=O) groups excluding carboxylic acids is 2. The maximum Gasteiger partial charge on any atom is 0.329 e. The summed E-state index contributed by atoms with van der Waals surface area (Å²) in [6.07, 6.45) is 2.20. The zero-order chi connectivity index (χ0) is 17.3. The normalized spacial score (nSPS) is 16.1. The van der Waals surface area contributed by atoms with Gasteiger partial charge in [0.25, 0.3) is 5.91 Å². The van der Waals surface area contributed by atoms with Gasteiger partial charge in [0.2, 0.25) is 0 Å². The van der Waals surface area contributed by atoms with Crippen molar-refractivity contribution in [3.05, 3.63) is 51.8 Å². The molecule has 2 aromatic rings. The minimum atomic E-state index is -0.416. The van der Waals surface area contributed by atoms with Crippen molar-refractivity contribution in [2.75, 3.05) is 6.54 Å². The summed E-state index contributed by atoms with van der Waals surface area (Å²) >= 11 is 12.0. The minimum absolute atomic E-state index is 0.191. The molecule has 0 atom stereocenters. The number of amides is 3. The number of hydrogen-bond donors (Lipinski definition) is 1. The third-order valence-corrected chi connectivity index (χ3v) is 4.07. The average molecular weight is 365 g/mol. The lowest BCUT2D eigenvalue weighted by molar-refractivity contribution is -0.122. The van der Waals surface area contributed by atoms with Crippen molar-refractivity contribution in [3.8, 4) is 11.3 Å². The molecule has 0 saturated carbocycles. The molecule has 3 amide bonds. The van der Waals surface area contributed by atoms with Gasteiger partial charge < -0.3 is 9.73 Å². The van der Waals surface area contributed by atoms with E-state index in [1.165, 1.54) is 11.0 Å². The van der Waals surface area contributed by atoms with Crippen LogP contribution in [-0.4, -0.2) is 23.4 Å². The van der Waals surface area contributed by atoms with Crippen molar-refractivity contribution in [2.45, 2.75) is 13.3 Å². The zero-order valence-corrected chi connectivity index (χ0v) is 14.3. The Morgan fingerprint density at radius 2 is 2.00 bits per heavy atom. The molecule has 0 aliphatic carbocycles. The summed E-state index contributed by atoms with van der Waals surface area (Å²) in [4.78, 5) is 25.1. The quantitative estimate of drug-likeness (QED) is 0.638. The van der Waals surface area contributed by atoms with Crippen molar-refractivity contribution in [2.24, 2.45) is 0 Å². The van der Waals surface area contributed by atoms with E-state index in [9.17, 15) is 9.59 Å². The number of carbonyl (C=O) groups is 2. The molecule has 124 valence electrons. The van der Waals surface area contributed by atoms with Crippen LogP contribution < -0.4 is 5.32 Å². The molecule has 0 bridgehead atoms. The average Bonchev–Trinajstić information content (AvgIpc) is 3.08. The van der Waals surface area contributed by atoms with Crippen molar-refractivity contribution in [3.63, 3.8) is 0 Å². The van der Waals surface area contributed by atoms with E-state index in [0.717, 1.165) is 0 Å². The van der Waals surface area contributed by atoms with Gasteiger partial charge in [0.15, 0.2) is 0 Å². The number of rotatable bonds is 4. The summed E-state index contributed by atoms with van der Waals surface area (Å²) < 4.78 is 5.71. The maximum atomic E-state index is 12.2. The van der Waals surface area contributed by atoms with E-state index < -0.39 is 6.03 Å². The van der Waals surface area contributed by atoms with E-state index in [1.807, 2.05) is 6.92 Å². The fraction of sp³-hybridized carbons (Fsp3) is 0.176. The van der Waals surface area contributed by atoms with Crippen LogP contribution >= 0.6 is 23.2 Å².